The van der Waals surface area contributed by atoms with Gasteiger partial charge in [-0.2, -0.15) is 0 Å². The summed E-state index contributed by atoms with van der Waals surface area (Å²) in [6, 6.07) is 0. The maximum Gasteiger partial charge on any atom is 0.265 e. The number of hydrogen-bond donors (Lipinski definition) is 3. The van der Waals surface area contributed by atoms with Gasteiger partial charge in [-0.15, -0.1) is 0 Å². The smallest absolute Gasteiger partial charge is 0.265 e. The van der Waals surface area contributed by atoms with Crippen LogP contribution >= 0.6 is 0 Å². The van der Waals surface area contributed by atoms with Crippen molar-refractivity contribution in [2.45, 2.75) is 19.5 Å². The number of aliphatic hydroxyl groups excluding tert-OH is 1. The van der Waals surface area contributed by atoms with Gasteiger partial charge in [0.15, 0.2) is 11.5 Å². The van der Waals surface area contributed by atoms with E-state index in [1.807, 2.05) is 6.92 Å². The summed E-state index contributed by atoms with van der Waals surface area (Å²) >= 11 is 0. The fourth-order valence-electron chi connectivity index (χ4n) is 1.61. The number of hydrogen-bond acceptors (Lipinski definition) is 5. The monoisotopic (exact) mass is 271 g/mol. The Balaban J connectivity index is 2.22. The summed E-state index contributed by atoms with van der Waals surface area (Å²) in [6.07, 6.45) is 0.536. The first kappa shape index (κ1) is 13.5. The van der Waals surface area contributed by atoms with E-state index in [0.29, 0.717) is 23.8 Å². The highest BCUT2D eigenvalue weighted by Crippen LogP contribution is 2.16. The molecule has 2 aromatic heterocycles. The average Bonchev–Trinajstić information content (AvgIpc) is 2.84. The van der Waals surface area contributed by atoms with Gasteiger partial charge in [0, 0.05) is 25.5 Å². The molecule has 8 heteroatoms. The van der Waals surface area contributed by atoms with E-state index < -0.39 is 12.5 Å². The molecular formula is C11H15F2N5O. The minimum Gasteiger partial charge on any atom is -0.385 e. The van der Waals surface area contributed by atoms with Crippen molar-refractivity contribution < 1.29 is 13.9 Å². The number of aliphatic hydroxyl groups is 1. The van der Waals surface area contributed by atoms with Crippen LogP contribution in [0.2, 0.25) is 0 Å². The first-order valence-electron chi connectivity index (χ1n) is 5.89. The summed E-state index contributed by atoms with van der Waals surface area (Å²) in [5.41, 5.74) is 0.517. The molecule has 1 atom stereocenters. The summed E-state index contributed by atoms with van der Waals surface area (Å²) in [5.74, 6) is 0.949. The standard InChI is InChI=1S/C11H15F2N5O/c1-2-14-8-6-18-4-3-15-11(18)10(17-8)16-5-7(19)9(12)13/h3-4,6-7,9,14,19H,2,5H2,1H3,(H,16,17). The lowest BCUT2D eigenvalue weighted by Crippen LogP contribution is -2.27. The summed E-state index contributed by atoms with van der Waals surface area (Å²) in [4.78, 5) is 8.32. The molecule has 0 fully saturated rings. The lowest BCUT2D eigenvalue weighted by Gasteiger charge is -2.13. The second-order valence-corrected chi connectivity index (χ2v) is 3.95. The molecule has 0 radical (unpaired) electrons. The third kappa shape index (κ3) is 3.08. The Labute approximate surface area is 108 Å². The molecule has 0 spiro atoms. The normalized spacial score (nSPS) is 12.9. The van der Waals surface area contributed by atoms with E-state index in [1.165, 1.54) is 0 Å². The summed E-state index contributed by atoms with van der Waals surface area (Å²) in [6.45, 7) is 2.32. The Morgan fingerprint density at radius 1 is 1.42 bits per heavy atom. The molecule has 0 aliphatic carbocycles. The number of halogens is 2. The fraction of sp³-hybridized carbons (Fsp3) is 0.455. The lowest BCUT2D eigenvalue weighted by atomic mass is 10.3. The van der Waals surface area contributed by atoms with Gasteiger partial charge in [-0.3, -0.25) is 0 Å². The Hall–Kier alpha value is -1.96. The molecule has 2 rings (SSSR count). The van der Waals surface area contributed by atoms with Gasteiger partial charge in [-0.05, 0) is 6.92 Å². The van der Waals surface area contributed by atoms with Gasteiger partial charge in [0.2, 0.25) is 0 Å². The second-order valence-electron chi connectivity index (χ2n) is 3.95. The number of aromatic nitrogens is 3. The van der Waals surface area contributed by atoms with Crippen molar-refractivity contribution >= 4 is 17.3 Å². The van der Waals surface area contributed by atoms with Gasteiger partial charge in [0.05, 0.1) is 6.20 Å². The van der Waals surface area contributed by atoms with Gasteiger partial charge in [-0.25, -0.2) is 18.7 Å². The number of imidazole rings is 1. The van der Waals surface area contributed by atoms with Crippen LogP contribution < -0.4 is 10.6 Å². The van der Waals surface area contributed by atoms with Gasteiger partial charge < -0.3 is 20.1 Å². The van der Waals surface area contributed by atoms with E-state index >= 15 is 0 Å². The van der Waals surface area contributed by atoms with Crippen molar-refractivity contribution in [2.24, 2.45) is 0 Å². The molecule has 1 unspecified atom stereocenters. The van der Waals surface area contributed by atoms with E-state index in [4.69, 9.17) is 5.11 Å². The molecule has 0 aromatic carbocycles. The van der Waals surface area contributed by atoms with Crippen LogP contribution in [0.15, 0.2) is 18.6 Å². The first-order chi connectivity index (χ1) is 9.11. The van der Waals surface area contributed by atoms with E-state index in [9.17, 15) is 8.78 Å². The number of nitrogens with zero attached hydrogens (tertiary/aromatic N) is 3. The molecule has 6 nitrogen and oxygen atoms in total. The SMILES string of the molecule is CCNc1cn2ccnc2c(NCC(O)C(F)F)n1. The number of nitrogens with one attached hydrogen (secondary N) is 2. The highest BCUT2D eigenvalue weighted by Gasteiger charge is 2.17. The van der Waals surface area contributed by atoms with Crippen molar-refractivity contribution in [3.05, 3.63) is 18.6 Å². The van der Waals surface area contributed by atoms with Gasteiger partial charge in [0.1, 0.15) is 11.9 Å². The van der Waals surface area contributed by atoms with Gasteiger partial charge in [0.25, 0.3) is 6.43 Å². The molecule has 0 aliphatic rings. The Morgan fingerprint density at radius 3 is 2.89 bits per heavy atom. The summed E-state index contributed by atoms with van der Waals surface area (Å²) in [7, 11) is 0. The van der Waals surface area contributed by atoms with E-state index in [0.717, 1.165) is 0 Å². The molecule has 0 saturated heterocycles. The predicted molar refractivity (Wildman–Crippen MR) is 67.7 cm³/mol. The van der Waals surface area contributed by atoms with Crippen molar-refractivity contribution in [1.82, 2.24) is 14.4 Å². The van der Waals surface area contributed by atoms with Crippen molar-refractivity contribution in [3.8, 4) is 0 Å². The second kappa shape index (κ2) is 5.79. The Kier molecular flexibility index (Phi) is 4.10. The number of alkyl halides is 2. The highest BCUT2D eigenvalue weighted by molar-refractivity contribution is 5.65. The minimum atomic E-state index is -2.79. The molecule has 2 aromatic rings. The summed E-state index contributed by atoms with van der Waals surface area (Å²) < 4.78 is 26.2. The van der Waals surface area contributed by atoms with E-state index in [1.54, 1.807) is 23.0 Å². The summed E-state index contributed by atoms with van der Waals surface area (Å²) in [5, 5.41) is 14.8. The van der Waals surface area contributed by atoms with Crippen molar-refractivity contribution in [3.63, 3.8) is 0 Å². The highest BCUT2D eigenvalue weighted by atomic mass is 19.3. The minimum absolute atomic E-state index is 0.289. The molecule has 0 saturated carbocycles. The number of fused-ring (bicyclic) bond motifs is 1. The molecule has 0 bridgehead atoms. The fourth-order valence-corrected chi connectivity index (χ4v) is 1.61. The third-order valence-electron chi connectivity index (χ3n) is 2.50. The van der Waals surface area contributed by atoms with Crippen LogP contribution in [0.4, 0.5) is 20.4 Å². The zero-order valence-corrected chi connectivity index (χ0v) is 10.3. The molecule has 2 heterocycles. The maximum atomic E-state index is 12.2. The third-order valence-corrected chi connectivity index (χ3v) is 2.50. The van der Waals surface area contributed by atoms with Crippen LogP contribution in [0, 0.1) is 0 Å². The van der Waals surface area contributed by atoms with Gasteiger partial charge in [-0.1, -0.05) is 0 Å². The van der Waals surface area contributed by atoms with Crippen molar-refractivity contribution in [1.29, 1.82) is 0 Å². The molecule has 3 N–H and O–H groups in total. The van der Waals surface area contributed by atoms with Crippen LogP contribution in [-0.2, 0) is 0 Å². The van der Waals surface area contributed by atoms with E-state index in [2.05, 4.69) is 20.6 Å². The Morgan fingerprint density at radius 2 is 2.21 bits per heavy atom. The Bertz CT molecular complexity index is 545. The lowest BCUT2D eigenvalue weighted by molar-refractivity contribution is 0.00382. The van der Waals surface area contributed by atoms with Crippen LogP contribution in [0.3, 0.4) is 0 Å². The number of rotatable bonds is 6. The molecule has 0 amide bonds. The topological polar surface area (TPSA) is 74.5 Å². The number of anilines is 2. The first-order valence-corrected chi connectivity index (χ1v) is 5.89. The zero-order chi connectivity index (χ0) is 13.8. The molecule has 104 valence electrons. The van der Waals surface area contributed by atoms with E-state index in [-0.39, 0.29) is 6.54 Å². The largest absolute Gasteiger partial charge is 0.385 e. The van der Waals surface area contributed by atoms with Crippen LogP contribution in [0.5, 0.6) is 0 Å². The zero-order valence-electron chi connectivity index (χ0n) is 10.3. The van der Waals surface area contributed by atoms with Gasteiger partial charge >= 0.3 is 0 Å². The molecule has 0 aliphatic heterocycles. The van der Waals surface area contributed by atoms with Crippen LogP contribution in [0.25, 0.3) is 5.65 Å². The predicted octanol–water partition coefficient (Wildman–Crippen LogP) is 1.20. The van der Waals surface area contributed by atoms with Crippen LogP contribution in [0.1, 0.15) is 6.92 Å². The maximum absolute atomic E-state index is 12.2. The van der Waals surface area contributed by atoms with Crippen LogP contribution in [-0.4, -0.2) is 45.1 Å². The molecule has 19 heavy (non-hydrogen) atoms. The molecular weight excluding hydrogens is 256 g/mol. The van der Waals surface area contributed by atoms with Crippen molar-refractivity contribution in [2.75, 3.05) is 23.7 Å². The quantitative estimate of drug-likeness (QED) is 0.736. The average molecular weight is 271 g/mol.